The van der Waals surface area contributed by atoms with Gasteiger partial charge >= 0.3 is 6.03 Å². The lowest BCUT2D eigenvalue weighted by atomic mass is 10.2. The zero-order valence-corrected chi connectivity index (χ0v) is 10.5. The van der Waals surface area contributed by atoms with E-state index in [0.717, 1.165) is 10.0 Å². The first-order chi connectivity index (χ1) is 7.13. The molecule has 0 radical (unpaired) electrons. The minimum atomic E-state index is -0.0413. The van der Waals surface area contributed by atoms with Crippen molar-refractivity contribution in [1.82, 2.24) is 10.2 Å². The number of urea groups is 1. The van der Waals surface area contributed by atoms with Gasteiger partial charge in [-0.3, -0.25) is 0 Å². The Morgan fingerprint density at radius 3 is 2.53 bits per heavy atom. The topological polar surface area (TPSA) is 32.3 Å². The van der Waals surface area contributed by atoms with Crippen LogP contribution >= 0.6 is 15.9 Å². The van der Waals surface area contributed by atoms with Crippen molar-refractivity contribution >= 4 is 22.0 Å². The minimum Gasteiger partial charge on any atom is -0.338 e. The standard InChI is InChI=1S/C11H15BrN2O/c1-3-13-11(15)14(2)8-9-4-6-10(12)7-5-9/h4-7H,3,8H2,1-2H3,(H,13,15). The van der Waals surface area contributed by atoms with Crippen molar-refractivity contribution in [2.24, 2.45) is 0 Å². The summed E-state index contributed by atoms with van der Waals surface area (Å²) >= 11 is 3.37. The van der Waals surface area contributed by atoms with Crippen LogP contribution in [0.3, 0.4) is 0 Å². The van der Waals surface area contributed by atoms with Gasteiger partial charge in [-0.2, -0.15) is 0 Å². The van der Waals surface area contributed by atoms with E-state index in [0.29, 0.717) is 13.1 Å². The zero-order chi connectivity index (χ0) is 11.3. The lowest BCUT2D eigenvalue weighted by Crippen LogP contribution is -2.36. The summed E-state index contributed by atoms with van der Waals surface area (Å²) in [6.07, 6.45) is 0. The summed E-state index contributed by atoms with van der Waals surface area (Å²) in [5.41, 5.74) is 1.12. The Bertz CT molecular complexity index is 324. The van der Waals surface area contributed by atoms with Gasteiger partial charge in [0.2, 0.25) is 0 Å². The number of hydrogen-bond donors (Lipinski definition) is 1. The third-order valence-corrected chi connectivity index (χ3v) is 2.54. The lowest BCUT2D eigenvalue weighted by molar-refractivity contribution is 0.207. The molecule has 0 aliphatic heterocycles. The Kier molecular flexibility index (Phi) is 4.62. The number of carbonyl (C=O) groups excluding carboxylic acids is 1. The first kappa shape index (κ1) is 12.0. The third-order valence-electron chi connectivity index (χ3n) is 2.01. The molecule has 1 aromatic rings. The molecule has 1 N–H and O–H groups in total. The fourth-order valence-corrected chi connectivity index (χ4v) is 1.49. The van der Waals surface area contributed by atoms with Crippen LogP contribution in [0.5, 0.6) is 0 Å². The highest BCUT2D eigenvalue weighted by Gasteiger charge is 2.06. The number of halogens is 1. The van der Waals surface area contributed by atoms with Crippen molar-refractivity contribution < 1.29 is 4.79 Å². The molecule has 0 bridgehead atoms. The van der Waals surface area contributed by atoms with Gasteiger partial charge in [0, 0.05) is 24.6 Å². The van der Waals surface area contributed by atoms with Crippen molar-refractivity contribution in [2.75, 3.05) is 13.6 Å². The highest BCUT2D eigenvalue weighted by Crippen LogP contribution is 2.11. The van der Waals surface area contributed by atoms with Gasteiger partial charge in [-0.15, -0.1) is 0 Å². The Hall–Kier alpha value is -1.03. The fraction of sp³-hybridized carbons (Fsp3) is 0.364. The highest BCUT2D eigenvalue weighted by molar-refractivity contribution is 9.10. The van der Waals surface area contributed by atoms with Crippen LogP contribution in [0.15, 0.2) is 28.7 Å². The molecule has 15 heavy (non-hydrogen) atoms. The van der Waals surface area contributed by atoms with E-state index in [1.54, 1.807) is 11.9 Å². The normalized spacial score (nSPS) is 9.80. The van der Waals surface area contributed by atoms with Gasteiger partial charge in [0.1, 0.15) is 0 Å². The van der Waals surface area contributed by atoms with Gasteiger partial charge in [-0.05, 0) is 24.6 Å². The van der Waals surface area contributed by atoms with E-state index in [1.807, 2.05) is 31.2 Å². The van der Waals surface area contributed by atoms with E-state index in [2.05, 4.69) is 21.2 Å². The molecule has 3 nitrogen and oxygen atoms in total. The molecule has 0 heterocycles. The van der Waals surface area contributed by atoms with Crippen LogP contribution in [0.4, 0.5) is 4.79 Å². The first-order valence-electron chi connectivity index (χ1n) is 4.87. The average molecular weight is 271 g/mol. The van der Waals surface area contributed by atoms with Crippen molar-refractivity contribution in [3.63, 3.8) is 0 Å². The molecule has 0 fully saturated rings. The van der Waals surface area contributed by atoms with Gasteiger partial charge in [0.05, 0.1) is 0 Å². The second-order valence-electron chi connectivity index (χ2n) is 3.32. The average Bonchev–Trinajstić information content (AvgIpc) is 2.22. The molecule has 4 heteroatoms. The van der Waals surface area contributed by atoms with Crippen LogP contribution in [0.25, 0.3) is 0 Å². The predicted octanol–water partition coefficient (Wildman–Crippen LogP) is 2.61. The molecule has 0 aromatic heterocycles. The quantitative estimate of drug-likeness (QED) is 0.900. The number of rotatable bonds is 3. The van der Waals surface area contributed by atoms with Gasteiger partial charge in [0.25, 0.3) is 0 Å². The Morgan fingerprint density at radius 2 is 2.00 bits per heavy atom. The molecule has 1 rings (SSSR count). The Labute approximate surface area is 98.6 Å². The Balaban J connectivity index is 2.54. The van der Waals surface area contributed by atoms with E-state index in [9.17, 15) is 4.79 Å². The largest absolute Gasteiger partial charge is 0.338 e. The number of hydrogen-bond acceptors (Lipinski definition) is 1. The molecule has 1 aromatic carbocycles. The van der Waals surface area contributed by atoms with Crippen molar-refractivity contribution in [3.8, 4) is 0 Å². The molecule has 0 aliphatic rings. The summed E-state index contributed by atoms with van der Waals surface area (Å²) < 4.78 is 1.05. The van der Waals surface area contributed by atoms with Crippen LogP contribution in [0, 0.1) is 0 Å². The van der Waals surface area contributed by atoms with Gasteiger partial charge in [-0.1, -0.05) is 28.1 Å². The summed E-state index contributed by atoms with van der Waals surface area (Å²) in [4.78, 5) is 13.1. The van der Waals surface area contributed by atoms with E-state index in [4.69, 9.17) is 0 Å². The van der Waals surface area contributed by atoms with Crippen LogP contribution in [-0.4, -0.2) is 24.5 Å². The van der Waals surface area contributed by atoms with Gasteiger partial charge in [-0.25, -0.2) is 4.79 Å². The van der Waals surface area contributed by atoms with Crippen molar-refractivity contribution in [2.45, 2.75) is 13.5 Å². The molecule has 82 valence electrons. The molecular formula is C11H15BrN2O. The predicted molar refractivity (Wildman–Crippen MR) is 64.7 cm³/mol. The number of carbonyl (C=O) groups is 1. The number of amides is 2. The van der Waals surface area contributed by atoms with Gasteiger partial charge < -0.3 is 10.2 Å². The zero-order valence-electron chi connectivity index (χ0n) is 8.96. The lowest BCUT2D eigenvalue weighted by Gasteiger charge is -2.17. The molecule has 0 saturated heterocycles. The highest BCUT2D eigenvalue weighted by atomic mass is 79.9. The maximum absolute atomic E-state index is 11.4. The summed E-state index contributed by atoms with van der Waals surface area (Å²) in [5, 5.41) is 2.75. The van der Waals surface area contributed by atoms with Gasteiger partial charge in [0.15, 0.2) is 0 Å². The second kappa shape index (κ2) is 5.75. The maximum Gasteiger partial charge on any atom is 0.317 e. The Morgan fingerprint density at radius 1 is 1.40 bits per heavy atom. The fourth-order valence-electron chi connectivity index (χ4n) is 1.22. The van der Waals surface area contributed by atoms with E-state index < -0.39 is 0 Å². The smallest absolute Gasteiger partial charge is 0.317 e. The second-order valence-corrected chi connectivity index (χ2v) is 4.23. The molecule has 0 aliphatic carbocycles. The van der Waals surface area contributed by atoms with E-state index in [1.165, 1.54) is 0 Å². The number of nitrogens with zero attached hydrogens (tertiary/aromatic N) is 1. The molecule has 0 saturated carbocycles. The SMILES string of the molecule is CCNC(=O)N(C)Cc1ccc(Br)cc1. The van der Waals surface area contributed by atoms with Crippen LogP contribution in [-0.2, 0) is 6.54 Å². The molecular weight excluding hydrogens is 256 g/mol. The van der Waals surface area contributed by atoms with Crippen LogP contribution in [0.2, 0.25) is 0 Å². The summed E-state index contributed by atoms with van der Waals surface area (Å²) in [6.45, 7) is 3.19. The maximum atomic E-state index is 11.4. The van der Waals surface area contributed by atoms with Crippen molar-refractivity contribution in [1.29, 1.82) is 0 Å². The summed E-state index contributed by atoms with van der Waals surface area (Å²) in [5.74, 6) is 0. The van der Waals surface area contributed by atoms with Crippen LogP contribution < -0.4 is 5.32 Å². The molecule has 0 unspecified atom stereocenters. The molecule has 0 atom stereocenters. The van der Waals surface area contributed by atoms with Crippen LogP contribution in [0.1, 0.15) is 12.5 Å². The summed E-state index contributed by atoms with van der Waals surface area (Å²) in [7, 11) is 1.78. The monoisotopic (exact) mass is 270 g/mol. The van der Waals surface area contributed by atoms with E-state index in [-0.39, 0.29) is 6.03 Å². The minimum absolute atomic E-state index is 0.0413. The molecule has 0 spiro atoms. The van der Waals surface area contributed by atoms with Crippen molar-refractivity contribution in [3.05, 3.63) is 34.3 Å². The van der Waals surface area contributed by atoms with E-state index >= 15 is 0 Å². The molecule has 2 amide bonds. The number of nitrogens with one attached hydrogen (secondary N) is 1. The summed E-state index contributed by atoms with van der Waals surface area (Å²) in [6, 6.07) is 7.90. The third kappa shape index (κ3) is 3.91. The number of benzene rings is 1. The first-order valence-corrected chi connectivity index (χ1v) is 5.66.